The quantitative estimate of drug-likeness (QED) is 0.772. The molecule has 1 aromatic rings. The maximum absolute atomic E-state index is 4.29. The molecule has 4 heteroatoms. The smallest absolute Gasteiger partial charge is 0.146 e. The SMILES string of the molecule is CC1CCN(c2ncncc2Br)CC1. The minimum atomic E-state index is 0.854. The lowest BCUT2D eigenvalue weighted by Gasteiger charge is -2.31. The number of nitrogens with zero attached hydrogens (tertiary/aromatic N) is 3. The molecule has 1 aromatic heterocycles. The molecule has 1 fully saturated rings. The van der Waals surface area contributed by atoms with Gasteiger partial charge in [-0.1, -0.05) is 6.92 Å². The fraction of sp³-hybridized carbons (Fsp3) is 0.600. The van der Waals surface area contributed by atoms with E-state index in [-0.39, 0.29) is 0 Å². The van der Waals surface area contributed by atoms with Crippen molar-refractivity contribution in [1.29, 1.82) is 0 Å². The molecule has 3 nitrogen and oxygen atoms in total. The van der Waals surface area contributed by atoms with Crippen molar-refractivity contribution in [3.63, 3.8) is 0 Å². The third kappa shape index (κ3) is 2.05. The van der Waals surface area contributed by atoms with Crippen molar-refractivity contribution in [3.05, 3.63) is 17.0 Å². The van der Waals surface area contributed by atoms with Gasteiger partial charge in [-0.3, -0.25) is 0 Å². The van der Waals surface area contributed by atoms with E-state index in [1.165, 1.54) is 12.8 Å². The number of halogens is 1. The van der Waals surface area contributed by atoms with Crippen molar-refractivity contribution in [3.8, 4) is 0 Å². The highest BCUT2D eigenvalue weighted by molar-refractivity contribution is 9.10. The topological polar surface area (TPSA) is 29.0 Å². The van der Waals surface area contributed by atoms with Gasteiger partial charge in [-0.2, -0.15) is 0 Å². The van der Waals surface area contributed by atoms with Crippen LogP contribution in [0.15, 0.2) is 17.0 Å². The Morgan fingerprint density at radius 1 is 1.43 bits per heavy atom. The Hall–Kier alpha value is -0.640. The minimum absolute atomic E-state index is 0.854. The molecule has 0 unspecified atom stereocenters. The lowest BCUT2D eigenvalue weighted by Crippen LogP contribution is -2.33. The highest BCUT2D eigenvalue weighted by Crippen LogP contribution is 2.26. The second-order valence-electron chi connectivity index (χ2n) is 3.86. The van der Waals surface area contributed by atoms with Gasteiger partial charge in [0, 0.05) is 19.3 Å². The van der Waals surface area contributed by atoms with Crippen molar-refractivity contribution in [2.24, 2.45) is 5.92 Å². The predicted octanol–water partition coefficient (Wildman–Crippen LogP) is 2.48. The van der Waals surface area contributed by atoms with Crippen LogP contribution < -0.4 is 4.90 Å². The van der Waals surface area contributed by atoms with Crippen LogP contribution >= 0.6 is 15.9 Å². The second kappa shape index (κ2) is 4.26. The Kier molecular flexibility index (Phi) is 3.01. The Morgan fingerprint density at radius 2 is 2.14 bits per heavy atom. The fourth-order valence-corrected chi connectivity index (χ4v) is 2.23. The number of anilines is 1. The number of rotatable bonds is 1. The molecule has 0 spiro atoms. The van der Waals surface area contributed by atoms with Gasteiger partial charge in [0.25, 0.3) is 0 Å². The highest BCUT2D eigenvalue weighted by Gasteiger charge is 2.18. The largest absolute Gasteiger partial charge is 0.356 e. The van der Waals surface area contributed by atoms with E-state index in [2.05, 4.69) is 37.7 Å². The number of piperidine rings is 1. The molecular weight excluding hydrogens is 242 g/mol. The molecule has 1 aliphatic rings. The van der Waals surface area contributed by atoms with E-state index in [0.717, 1.165) is 29.3 Å². The third-order valence-corrected chi connectivity index (χ3v) is 3.29. The van der Waals surface area contributed by atoms with E-state index in [9.17, 15) is 0 Å². The fourth-order valence-electron chi connectivity index (χ4n) is 1.76. The summed E-state index contributed by atoms with van der Waals surface area (Å²) in [6.45, 7) is 4.53. The summed E-state index contributed by atoms with van der Waals surface area (Å²) in [5.41, 5.74) is 0. The lowest BCUT2D eigenvalue weighted by atomic mass is 9.99. The zero-order chi connectivity index (χ0) is 9.97. The molecule has 2 heterocycles. The van der Waals surface area contributed by atoms with E-state index in [1.54, 1.807) is 12.5 Å². The zero-order valence-electron chi connectivity index (χ0n) is 8.28. The van der Waals surface area contributed by atoms with E-state index in [0.29, 0.717) is 0 Å². The first-order valence-electron chi connectivity index (χ1n) is 4.98. The van der Waals surface area contributed by atoms with E-state index < -0.39 is 0 Å². The summed E-state index contributed by atoms with van der Waals surface area (Å²) in [6, 6.07) is 0. The summed E-state index contributed by atoms with van der Waals surface area (Å²) in [5, 5.41) is 0. The number of hydrogen-bond donors (Lipinski definition) is 0. The Labute approximate surface area is 92.7 Å². The van der Waals surface area contributed by atoms with Crippen molar-refractivity contribution < 1.29 is 0 Å². The van der Waals surface area contributed by atoms with Crippen molar-refractivity contribution in [2.45, 2.75) is 19.8 Å². The van der Waals surface area contributed by atoms with Gasteiger partial charge in [-0.15, -0.1) is 0 Å². The molecule has 76 valence electrons. The first kappa shape index (κ1) is 9.90. The molecular formula is C10H14BrN3. The van der Waals surface area contributed by atoms with Gasteiger partial charge < -0.3 is 4.90 Å². The van der Waals surface area contributed by atoms with E-state index in [4.69, 9.17) is 0 Å². The van der Waals surface area contributed by atoms with Crippen molar-refractivity contribution >= 4 is 21.7 Å². The van der Waals surface area contributed by atoms with Crippen LogP contribution in [0.1, 0.15) is 19.8 Å². The van der Waals surface area contributed by atoms with Gasteiger partial charge in [-0.05, 0) is 34.7 Å². The maximum Gasteiger partial charge on any atom is 0.146 e. The lowest BCUT2D eigenvalue weighted by molar-refractivity contribution is 0.436. The van der Waals surface area contributed by atoms with Crippen LogP contribution in [0.2, 0.25) is 0 Å². The molecule has 1 aliphatic heterocycles. The number of hydrogen-bond acceptors (Lipinski definition) is 3. The van der Waals surface area contributed by atoms with Crippen molar-refractivity contribution in [1.82, 2.24) is 9.97 Å². The summed E-state index contributed by atoms with van der Waals surface area (Å²) in [6.07, 6.45) is 5.94. The molecule has 0 aromatic carbocycles. The summed E-state index contributed by atoms with van der Waals surface area (Å²) in [4.78, 5) is 10.6. The average molecular weight is 256 g/mol. The molecule has 0 radical (unpaired) electrons. The van der Waals surface area contributed by atoms with Crippen LogP contribution in [0.25, 0.3) is 0 Å². The predicted molar refractivity (Wildman–Crippen MR) is 60.3 cm³/mol. The van der Waals surface area contributed by atoms with Crippen molar-refractivity contribution in [2.75, 3.05) is 18.0 Å². The first-order valence-corrected chi connectivity index (χ1v) is 5.77. The molecule has 14 heavy (non-hydrogen) atoms. The summed E-state index contributed by atoms with van der Waals surface area (Å²) >= 11 is 3.48. The molecule has 0 aliphatic carbocycles. The molecule has 0 atom stereocenters. The molecule has 0 saturated carbocycles. The molecule has 1 saturated heterocycles. The maximum atomic E-state index is 4.29. The van der Waals surface area contributed by atoms with Gasteiger partial charge in [0.05, 0.1) is 4.47 Å². The van der Waals surface area contributed by atoms with Crippen LogP contribution in [0, 0.1) is 5.92 Å². The van der Waals surface area contributed by atoms with Crippen LogP contribution in [-0.2, 0) is 0 Å². The Bertz CT molecular complexity index is 308. The Balaban J connectivity index is 2.12. The van der Waals surface area contributed by atoms with Gasteiger partial charge in [0.1, 0.15) is 12.1 Å². The first-order chi connectivity index (χ1) is 6.77. The van der Waals surface area contributed by atoms with Gasteiger partial charge in [0.2, 0.25) is 0 Å². The van der Waals surface area contributed by atoms with Crippen LogP contribution in [0.4, 0.5) is 5.82 Å². The van der Waals surface area contributed by atoms with E-state index >= 15 is 0 Å². The summed E-state index contributed by atoms with van der Waals surface area (Å²) in [5.74, 6) is 1.89. The highest BCUT2D eigenvalue weighted by atomic mass is 79.9. The minimum Gasteiger partial charge on any atom is -0.356 e. The summed E-state index contributed by atoms with van der Waals surface area (Å²) < 4.78 is 0.995. The van der Waals surface area contributed by atoms with E-state index in [1.807, 2.05) is 0 Å². The molecule has 0 amide bonds. The summed E-state index contributed by atoms with van der Waals surface area (Å²) in [7, 11) is 0. The molecule has 0 bridgehead atoms. The van der Waals surface area contributed by atoms with Gasteiger partial charge in [0.15, 0.2) is 0 Å². The van der Waals surface area contributed by atoms with Gasteiger partial charge in [-0.25, -0.2) is 9.97 Å². The van der Waals surface area contributed by atoms with Crippen LogP contribution in [0.3, 0.4) is 0 Å². The zero-order valence-corrected chi connectivity index (χ0v) is 9.87. The second-order valence-corrected chi connectivity index (χ2v) is 4.72. The average Bonchev–Trinajstić information content (AvgIpc) is 2.20. The molecule has 0 N–H and O–H groups in total. The van der Waals surface area contributed by atoms with Crippen LogP contribution in [0.5, 0.6) is 0 Å². The standard InChI is InChI=1S/C10H14BrN3/c1-8-2-4-14(5-3-8)10-9(11)6-12-7-13-10/h6-8H,2-5H2,1H3. The van der Waals surface area contributed by atoms with Gasteiger partial charge >= 0.3 is 0 Å². The molecule has 2 rings (SSSR count). The Morgan fingerprint density at radius 3 is 2.79 bits per heavy atom. The number of aromatic nitrogens is 2. The van der Waals surface area contributed by atoms with Crippen LogP contribution in [-0.4, -0.2) is 23.1 Å². The monoisotopic (exact) mass is 255 g/mol. The normalized spacial score (nSPS) is 18.6. The third-order valence-electron chi connectivity index (χ3n) is 2.73.